The fourth-order valence-electron chi connectivity index (χ4n) is 3.23. The first-order valence-electron chi connectivity index (χ1n) is 10.5. The number of esters is 1. The zero-order valence-corrected chi connectivity index (χ0v) is 20.6. The summed E-state index contributed by atoms with van der Waals surface area (Å²) in [6, 6.07) is 4.89. The lowest BCUT2D eigenvalue weighted by Gasteiger charge is -2.25. The molecule has 0 unspecified atom stereocenters. The summed E-state index contributed by atoms with van der Waals surface area (Å²) in [5, 5.41) is 3.80. The van der Waals surface area contributed by atoms with E-state index in [1.807, 2.05) is 6.92 Å². The number of pyridine rings is 1. The molecule has 1 amide bonds. The van der Waals surface area contributed by atoms with Gasteiger partial charge in [0.25, 0.3) is 0 Å². The van der Waals surface area contributed by atoms with Crippen molar-refractivity contribution in [2.45, 2.75) is 49.5 Å². The Kier molecular flexibility index (Phi) is 8.69. The molecular weight excluding hydrogens is 470 g/mol. The Labute approximate surface area is 196 Å². The largest absolute Gasteiger partial charge is 0.462 e. The van der Waals surface area contributed by atoms with Crippen LogP contribution in [0.2, 0.25) is 0 Å². The maximum Gasteiger partial charge on any atom is 0.341 e. The van der Waals surface area contributed by atoms with Crippen LogP contribution in [0, 0.1) is 0 Å². The molecule has 174 valence electrons. The molecule has 1 N–H and O–H groups in total. The van der Waals surface area contributed by atoms with Crippen molar-refractivity contribution in [1.82, 2.24) is 9.29 Å². The standard InChI is InChI=1S/C21H27N3O5S3/c1-3-15-12-17(21(26)29-4-2)20(31-15)23-18(25)14-30-19-9-8-16(13-22-19)32(27,28)24-10-6-5-7-11-24/h8-9,12-13H,3-7,10-11,14H2,1-2H3,(H,23,25). The Bertz CT molecular complexity index is 1050. The van der Waals surface area contributed by atoms with Gasteiger partial charge in [0.15, 0.2) is 0 Å². The zero-order chi connectivity index (χ0) is 23.1. The predicted molar refractivity (Wildman–Crippen MR) is 126 cm³/mol. The number of thiophene rings is 1. The number of piperidine rings is 1. The van der Waals surface area contributed by atoms with E-state index in [-0.39, 0.29) is 23.2 Å². The summed E-state index contributed by atoms with van der Waals surface area (Å²) >= 11 is 2.55. The van der Waals surface area contributed by atoms with Gasteiger partial charge in [-0.2, -0.15) is 4.31 Å². The Hall–Kier alpha value is -1.95. The number of nitrogens with one attached hydrogen (secondary N) is 1. The number of carbonyl (C=O) groups excluding carboxylic acids is 2. The molecule has 0 radical (unpaired) electrons. The van der Waals surface area contributed by atoms with E-state index in [1.54, 1.807) is 19.1 Å². The predicted octanol–water partition coefficient (Wildman–Crippen LogP) is 3.79. The van der Waals surface area contributed by atoms with Gasteiger partial charge in [0.1, 0.15) is 9.90 Å². The van der Waals surface area contributed by atoms with Gasteiger partial charge in [0.2, 0.25) is 15.9 Å². The second kappa shape index (κ2) is 11.3. The number of rotatable bonds is 9. The van der Waals surface area contributed by atoms with Gasteiger partial charge in [-0.1, -0.05) is 25.1 Å². The van der Waals surface area contributed by atoms with E-state index in [4.69, 9.17) is 4.74 Å². The maximum atomic E-state index is 12.7. The van der Waals surface area contributed by atoms with Gasteiger partial charge in [-0.15, -0.1) is 11.3 Å². The minimum Gasteiger partial charge on any atom is -0.462 e. The molecule has 3 rings (SSSR count). The van der Waals surface area contributed by atoms with E-state index in [2.05, 4.69) is 10.3 Å². The third-order valence-electron chi connectivity index (χ3n) is 4.89. The second-order valence-corrected chi connectivity index (χ2v) is 11.2. The van der Waals surface area contributed by atoms with E-state index in [1.165, 1.54) is 39.7 Å². The fourth-order valence-corrected chi connectivity index (χ4v) is 6.34. The summed E-state index contributed by atoms with van der Waals surface area (Å²) in [5.74, 6) is -0.664. The van der Waals surface area contributed by atoms with Crippen molar-refractivity contribution in [2.75, 3.05) is 30.8 Å². The van der Waals surface area contributed by atoms with Crippen LogP contribution in [-0.2, 0) is 26.0 Å². The molecule has 2 aromatic heterocycles. The molecule has 0 atom stereocenters. The molecule has 3 heterocycles. The van der Waals surface area contributed by atoms with Crippen molar-refractivity contribution in [3.8, 4) is 0 Å². The normalized spacial score (nSPS) is 14.8. The van der Waals surface area contributed by atoms with Gasteiger partial charge < -0.3 is 10.1 Å². The number of aromatic nitrogens is 1. The zero-order valence-electron chi connectivity index (χ0n) is 18.1. The van der Waals surface area contributed by atoms with E-state index in [9.17, 15) is 18.0 Å². The number of hydrogen-bond donors (Lipinski definition) is 1. The van der Waals surface area contributed by atoms with Gasteiger partial charge in [0.05, 0.1) is 22.9 Å². The number of aryl methyl sites for hydroxylation is 1. The topological polar surface area (TPSA) is 106 Å². The summed E-state index contributed by atoms with van der Waals surface area (Å²) in [4.78, 5) is 29.9. The molecule has 8 nitrogen and oxygen atoms in total. The number of anilines is 1. The summed E-state index contributed by atoms with van der Waals surface area (Å²) < 4.78 is 32.0. The SMILES string of the molecule is CCOC(=O)c1cc(CC)sc1NC(=O)CSc1ccc(S(=O)(=O)N2CCCCC2)cn1. The van der Waals surface area contributed by atoms with Crippen LogP contribution in [-0.4, -0.2) is 55.0 Å². The lowest BCUT2D eigenvalue weighted by molar-refractivity contribution is -0.113. The Morgan fingerprint density at radius 1 is 1.22 bits per heavy atom. The van der Waals surface area contributed by atoms with E-state index in [0.29, 0.717) is 28.7 Å². The maximum absolute atomic E-state index is 12.7. The minimum atomic E-state index is -3.53. The average molecular weight is 498 g/mol. The number of ether oxygens (including phenoxy) is 1. The van der Waals surface area contributed by atoms with E-state index in [0.717, 1.165) is 30.6 Å². The summed E-state index contributed by atoms with van der Waals surface area (Å²) in [5.41, 5.74) is 0.359. The number of thioether (sulfide) groups is 1. The second-order valence-electron chi connectivity index (χ2n) is 7.16. The van der Waals surface area contributed by atoms with E-state index < -0.39 is 16.0 Å². The molecule has 1 saturated heterocycles. The van der Waals surface area contributed by atoms with Crippen LogP contribution in [0.3, 0.4) is 0 Å². The number of nitrogens with zero attached hydrogens (tertiary/aromatic N) is 2. The first-order chi connectivity index (χ1) is 15.3. The Morgan fingerprint density at radius 2 is 1.97 bits per heavy atom. The quantitative estimate of drug-likeness (QED) is 0.415. The molecule has 32 heavy (non-hydrogen) atoms. The number of sulfonamides is 1. The number of hydrogen-bond acceptors (Lipinski definition) is 8. The third-order valence-corrected chi connectivity index (χ3v) is 8.91. The van der Waals surface area contributed by atoms with Gasteiger partial charge in [0, 0.05) is 24.2 Å². The average Bonchev–Trinajstić information content (AvgIpc) is 3.21. The summed E-state index contributed by atoms with van der Waals surface area (Å²) in [6.07, 6.45) is 4.89. The molecule has 11 heteroatoms. The highest BCUT2D eigenvalue weighted by atomic mass is 32.2. The van der Waals surface area contributed by atoms with Gasteiger partial charge >= 0.3 is 5.97 Å². The van der Waals surface area contributed by atoms with Crippen molar-refractivity contribution in [1.29, 1.82) is 0 Å². The van der Waals surface area contributed by atoms with Crippen LogP contribution >= 0.6 is 23.1 Å². The smallest absolute Gasteiger partial charge is 0.341 e. The Balaban J connectivity index is 1.60. The van der Waals surface area contributed by atoms with Gasteiger partial charge in [-0.3, -0.25) is 4.79 Å². The number of amides is 1. The monoisotopic (exact) mass is 497 g/mol. The van der Waals surface area contributed by atoms with Crippen LogP contribution in [0.4, 0.5) is 5.00 Å². The van der Waals surface area contributed by atoms with Crippen molar-refractivity contribution < 1.29 is 22.7 Å². The highest BCUT2D eigenvalue weighted by Gasteiger charge is 2.26. The molecule has 0 aromatic carbocycles. The highest BCUT2D eigenvalue weighted by molar-refractivity contribution is 7.99. The van der Waals surface area contributed by atoms with Crippen LogP contribution < -0.4 is 5.32 Å². The van der Waals surface area contributed by atoms with Crippen LogP contribution in [0.25, 0.3) is 0 Å². The fraction of sp³-hybridized carbons (Fsp3) is 0.476. The molecule has 0 bridgehead atoms. The lowest BCUT2D eigenvalue weighted by atomic mass is 10.2. The minimum absolute atomic E-state index is 0.0762. The summed E-state index contributed by atoms with van der Waals surface area (Å²) in [7, 11) is -3.53. The lowest BCUT2D eigenvalue weighted by Crippen LogP contribution is -2.35. The van der Waals surface area contributed by atoms with Gasteiger partial charge in [-0.05, 0) is 44.4 Å². The first-order valence-corrected chi connectivity index (χ1v) is 13.8. The molecule has 0 aliphatic carbocycles. The highest BCUT2D eigenvalue weighted by Crippen LogP contribution is 2.30. The Morgan fingerprint density at radius 3 is 2.59 bits per heavy atom. The molecule has 0 saturated carbocycles. The van der Waals surface area contributed by atoms with Crippen LogP contribution in [0.5, 0.6) is 0 Å². The van der Waals surface area contributed by atoms with Crippen molar-refractivity contribution in [3.05, 3.63) is 34.8 Å². The third kappa shape index (κ3) is 6.09. The van der Waals surface area contributed by atoms with Crippen molar-refractivity contribution >= 4 is 50.0 Å². The molecule has 1 aliphatic rings. The molecule has 1 fully saturated rings. The van der Waals surface area contributed by atoms with E-state index >= 15 is 0 Å². The first kappa shape index (κ1) is 24.7. The van der Waals surface area contributed by atoms with Crippen LogP contribution in [0.1, 0.15) is 48.3 Å². The number of carbonyl (C=O) groups is 2. The van der Waals surface area contributed by atoms with Crippen molar-refractivity contribution in [3.63, 3.8) is 0 Å². The van der Waals surface area contributed by atoms with Crippen LogP contribution in [0.15, 0.2) is 34.3 Å². The molecule has 0 spiro atoms. The summed E-state index contributed by atoms with van der Waals surface area (Å²) in [6.45, 7) is 5.04. The molecular formula is C21H27N3O5S3. The molecule has 1 aliphatic heterocycles. The van der Waals surface area contributed by atoms with Gasteiger partial charge in [-0.25, -0.2) is 18.2 Å². The molecule has 2 aromatic rings. The van der Waals surface area contributed by atoms with Crippen molar-refractivity contribution in [2.24, 2.45) is 0 Å².